The van der Waals surface area contributed by atoms with E-state index in [-0.39, 0.29) is 12.5 Å². The van der Waals surface area contributed by atoms with Gasteiger partial charge in [-0.05, 0) is 76.1 Å². The Labute approximate surface area is 192 Å². The normalized spacial score (nSPS) is 21.9. The predicted octanol–water partition coefficient (Wildman–Crippen LogP) is 4.22. The molecule has 1 aliphatic heterocycles. The van der Waals surface area contributed by atoms with Crippen LogP contribution in [0.5, 0.6) is 5.75 Å². The van der Waals surface area contributed by atoms with Crippen LogP contribution in [0, 0.1) is 6.92 Å². The molecule has 2 aromatic rings. The van der Waals surface area contributed by atoms with Crippen molar-refractivity contribution in [1.82, 2.24) is 9.88 Å². The Morgan fingerprint density at radius 2 is 2.13 bits per heavy atom. The topological polar surface area (TPSA) is 74.7 Å². The van der Waals surface area contributed by atoms with Crippen LogP contribution >= 0.6 is 22.9 Å². The number of hydrogen-bond acceptors (Lipinski definition) is 6. The van der Waals surface area contributed by atoms with Crippen molar-refractivity contribution in [2.45, 2.75) is 57.5 Å². The van der Waals surface area contributed by atoms with Gasteiger partial charge in [0.1, 0.15) is 12.4 Å². The zero-order valence-electron chi connectivity index (χ0n) is 18.0. The van der Waals surface area contributed by atoms with Gasteiger partial charge in [0.15, 0.2) is 5.13 Å². The van der Waals surface area contributed by atoms with E-state index >= 15 is 0 Å². The molecule has 1 saturated heterocycles. The largest absolute Gasteiger partial charge is 0.489 e. The number of rotatable bonds is 6. The summed E-state index contributed by atoms with van der Waals surface area (Å²) in [4.78, 5) is 20.6. The molecule has 1 aliphatic carbocycles. The first kappa shape index (κ1) is 22.5. The van der Waals surface area contributed by atoms with Crippen LogP contribution in [0.2, 0.25) is 5.02 Å². The molecule has 2 N–H and O–H groups in total. The van der Waals surface area contributed by atoms with Gasteiger partial charge in [0.25, 0.3) is 0 Å². The number of anilines is 1. The third-order valence-corrected chi connectivity index (χ3v) is 7.44. The molecule has 1 fully saturated rings. The van der Waals surface area contributed by atoms with Crippen LogP contribution < -0.4 is 10.1 Å². The number of benzene rings is 1. The summed E-state index contributed by atoms with van der Waals surface area (Å²) in [5, 5.41) is 15.3. The monoisotopic (exact) mass is 463 g/mol. The van der Waals surface area contributed by atoms with E-state index in [1.807, 2.05) is 25.1 Å². The maximum absolute atomic E-state index is 12.6. The van der Waals surface area contributed by atoms with Crippen molar-refractivity contribution in [1.29, 1.82) is 0 Å². The fourth-order valence-electron chi connectivity index (χ4n) is 4.24. The Morgan fingerprint density at radius 1 is 1.29 bits per heavy atom. The summed E-state index contributed by atoms with van der Waals surface area (Å²) in [5.74, 6) is 0.557. The van der Waals surface area contributed by atoms with Crippen molar-refractivity contribution < 1.29 is 14.6 Å². The lowest BCUT2D eigenvalue weighted by Gasteiger charge is -2.27. The summed E-state index contributed by atoms with van der Waals surface area (Å²) >= 11 is 7.82. The number of carbonyl (C=O) groups excluding carboxylic acids is 1. The summed E-state index contributed by atoms with van der Waals surface area (Å²) in [7, 11) is 0. The van der Waals surface area contributed by atoms with Gasteiger partial charge in [0.2, 0.25) is 5.91 Å². The average molecular weight is 464 g/mol. The molecule has 1 aromatic carbocycles. The van der Waals surface area contributed by atoms with Gasteiger partial charge >= 0.3 is 0 Å². The molecule has 0 radical (unpaired) electrons. The smallest absolute Gasteiger partial charge is 0.240 e. The van der Waals surface area contributed by atoms with Gasteiger partial charge in [-0.3, -0.25) is 9.69 Å². The molecule has 0 saturated carbocycles. The number of aromatic nitrogens is 1. The SMILES string of the molecule is Cc1ccc(Cl)c(OCC2(O)CCCN(CC(=O)Nc3nc4c(s3)CCCC4)CC2)c1. The Morgan fingerprint density at radius 3 is 2.97 bits per heavy atom. The molecule has 31 heavy (non-hydrogen) atoms. The van der Waals surface area contributed by atoms with Crippen LogP contribution in [-0.2, 0) is 17.6 Å². The number of nitrogens with one attached hydrogen (secondary N) is 1. The second-order valence-corrected chi connectivity index (χ2v) is 10.2. The molecule has 8 heteroatoms. The first-order chi connectivity index (χ1) is 14.9. The van der Waals surface area contributed by atoms with Crippen molar-refractivity contribution in [2.24, 2.45) is 0 Å². The standard InChI is InChI=1S/C23H30ClN3O3S/c1-16-7-8-17(24)19(13-16)30-15-23(29)9-4-11-27(12-10-23)14-21(28)26-22-25-18-5-2-3-6-20(18)31-22/h7-8,13,29H,2-6,9-12,14-15H2,1H3,(H,25,26,28). The molecule has 0 spiro atoms. The van der Waals surface area contributed by atoms with Gasteiger partial charge in [0.05, 0.1) is 22.9 Å². The maximum atomic E-state index is 12.6. The van der Waals surface area contributed by atoms with Crippen LogP contribution in [0.4, 0.5) is 5.13 Å². The van der Waals surface area contributed by atoms with Crippen molar-refractivity contribution in [3.8, 4) is 5.75 Å². The number of aryl methyl sites for hydroxylation is 3. The third-order valence-electron chi connectivity index (χ3n) is 6.05. The van der Waals surface area contributed by atoms with E-state index in [4.69, 9.17) is 16.3 Å². The molecular weight excluding hydrogens is 434 g/mol. The van der Waals surface area contributed by atoms with Crippen LogP contribution in [0.25, 0.3) is 0 Å². The van der Waals surface area contributed by atoms with Gasteiger partial charge in [0, 0.05) is 11.4 Å². The van der Waals surface area contributed by atoms with Crippen LogP contribution in [0.15, 0.2) is 18.2 Å². The minimum absolute atomic E-state index is 0.0423. The fraction of sp³-hybridized carbons (Fsp3) is 0.565. The second kappa shape index (κ2) is 9.86. The number of aliphatic hydroxyl groups is 1. The lowest BCUT2D eigenvalue weighted by molar-refractivity contribution is -0.117. The van der Waals surface area contributed by atoms with E-state index in [0.29, 0.717) is 41.8 Å². The lowest BCUT2D eigenvalue weighted by atomic mass is 9.96. The number of ether oxygens (including phenoxy) is 1. The van der Waals surface area contributed by atoms with E-state index in [0.717, 1.165) is 37.1 Å². The van der Waals surface area contributed by atoms with E-state index in [1.54, 1.807) is 11.3 Å². The van der Waals surface area contributed by atoms with E-state index < -0.39 is 5.60 Å². The van der Waals surface area contributed by atoms with Crippen LogP contribution in [0.3, 0.4) is 0 Å². The number of amides is 1. The quantitative estimate of drug-likeness (QED) is 0.670. The molecule has 1 amide bonds. The maximum Gasteiger partial charge on any atom is 0.240 e. The molecule has 168 valence electrons. The zero-order chi connectivity index (χ0) is 21.8. The highest BCUT2D eigenvalue weighted by molar-refractivity contribution is 7.15. The lowest BCUT2D eigenvalue weighted by Crippen LogP contribution is -2.38. The number of halogens is 1. The molecule has 0 bridgehead atoms. The number of carbonyl (C=O) groups is 1. The molecule has 6 nitrogen and oxygen atoms in total. The van der Waals surface area contributed by atoms with Crippen molar-refractivity contribution >= 4 is 34.0 Å². The molecular formula is C23H30ClN3O3S. The summed E-state index contributed by atoms with van der Waals surface area (Å²) < 4.78 is 5.86. The number of nitrogens with zero attached hydrogens (tertiary/aromatic N) is 2. The van der Waals surface area contributed by atoms with Gasteiger partial charge in [-0.2, -0.15) is 0 Å². The van der Waals surface area contributed by atoms with Gasteiger partial charge < -0.3 is 15.2 Å². The van der Waals surface area contributed by atoms with Gasteiger partial charge in [-0.25, -0.2) is 4.98 Å². The molecule has 2 heterocycles. The highest BCUT2D eigenvalue weighted by Gasteiger charge is 2.32. The summed E-state index contributed by atoms with van der Waals surface area (Å²) in [6, 6.07) is 5.62. The van der Waals surface area contributed by atoms with E-state index in [1.165, 1.54) is 17.7 Å². The number of thiazole rings is 1. The Balaban J connectivity index is 1.27. The summed E-state index contributed by atoms with van der Waals surface area (Å²) in [5.41, 5.74) is 1.29. The first-order valence-electron chi connectivity index (χ1n) is 11.0. The minimum atomic E-state index is -0.924. The fourth-order valence-corrected chi connectivity index (χ4v) is 5.48. The molecule has 2 aliphatic rings. The first-order valence-corrected chi connectivity index (χ1v) is 12.2. The second-order valence-electron chi connectivity index (χ2n) is 8.72. The van der Waals surface area contributed by atoms with E-state index in [2.05, 4.69) is 15.2 Å². The average Bonchev–Trinajstić information content (AvgIpc) is 3.05. The predicted molar refractivity (Wildman–Crippen MR) is 124 cm³/mol. The third kappa shape index (κ3) is 5.98. The Bertz CT molecular complexity index is 911. The van der Waals surface area contributed by atoms with Crippen molar-refractivity contribution in [3.05, 3.63) is 39.4 Å². The Hall–Kier alpha value is -1.67. The zero-order valence-corrected chi connectivity index (χ0v) is 19.5. The number of likely N-dealkylation sites (tertiary alicyclic amines) is 1. The highest BCUT2D eigenvalue weighted by Crippen LogP contribution is 2.30. The van der Waals surface area contributed by atoms with E-state index in [9.17, 15) is 9.90 Å². The Kier molecular flexibility index (Phi) is 7.16. The van der Waals surface area contributed by atoms with Crippen molar-refractivity contribution in [2.75, 3.05) is 31.6 Å². The van der Waals surface area contributed by atoms with Crippen LogP contribution in [0.1, 0.15) is 48.2 Å². The molecule has 1 atom stereocenters. The van der Waals surface area contributed by atoms with Gasteiger partial charge in [-0.1, -0.05) is 17.7 Å². The number of fused-ring (bicyclic) bond motifs is 1. The highest BCUT2D eigenvalue weighted by atomic mass is 35.5. The summed E-state index contributed by atoms with van der Waals surface area (Å²) in [6.07, 6.45) is 6.47. The van der Waals surface area contributed by atoms with Crippen LogP contribution in [-0.4, -0.2) is 52.7 Å². The molecule has 1 aromatic heterocycles. The van der Waals surface area contributed by atoms with Crippen molar-refractivity contribution in [3.63, 3.8) is 0 Å². The molecule has 4 rings (SSSR count). The molecule has 1 unspecified atom stereocenters. The summed E-state index contributed by atoms with van der Waals surface area (Å²) in [6.45, 7) is 3.90. The van der Waals surface area contributed by atoms with Gasteiger partial charge in [-0.15, -0.1) is 11.3 Å². The minimum Gasteiger partial charge on any atom is -0.489 e. The number of hydrogen-bond donors (Lipinski definition) is 2.